The van der Waals surface area contributed by atoms with Crippen molar-refractivity contribution in [2.75, 3.05) is 24.5 Å². The molecule has 0 atom stereocenters. The molecule has 1 heterocycles. The van der Waals surface area contributed by atoms with Crippen LogP contribution in [0.4, 0.5) is 5.95 Å². The second kappa shape index (κ2) is 5.75. The van der Waals surface area contributed by atoms with E-state index in [2.05, 4.69) is 28.3 Å². The van der Waals surface area contributed by atoms with Crippen LogP contribution in [0.3, 0.4) is 0 Å². The molecule has 4 heteroatoms. The number of rotatable bonds is 6. The smallest absolute Gasteiger partial charge is 0.205 e. The van der Waals surface area contributed by atoms with E-state index >= 15 is 0 Å². The van der Waals surface area contributed by atoms with Gasteiger partial charge in [-0.15, -0.1) is 0 Å². The van der Waals surface area contributed by atoms with Crippen molar-refractivity contribution >= 4 is 5.95 Å². The van der Waals surface area contributed by atoms with Crippen molar-refractivity contribution in [1.82, 2.24) is 9.55 Å². The fraction of sp³-hybridized carbons (Fsp3) is 0.727. The zero-order valence-electron chi connectivity index (χ0n) is 9.98. The molecule has 0 bridgehead atoms. The predicted molar refractivity (Wildman–Crippen MR) is 63.9 cm³/mol. The van der Waals surface area contributed by atoms with Gasteiger partial charge in [-0.05, 0) is 18.9 Å². The normalized spacial score (nSPS) is 11.0. The maximum absolute atomic E-state index is 5.55. The lowest BCUT2D eigenvalue weighted by molar-refractivity contribution is 0.584. The molecule has 0 spiro atoms. The van der Waals surface area contributed by atoms with Crippen LogP contribution in [0.25, 0.3) is 0 Å². The second-order valence-corrected chi connectivity index (χ2v) is 4.32. The Balaban J connectivity index is 2.67. The Morgan fingerprint density at radius 1 is 1.53 bits per heavy atom. The Morgan fingerprint density at radius 3 is 2.73 bits per heavy atom. The van der Waals surface area contributed by atoms with E-state index in [0.29, 0.717) is 5.92 Å². The van der Waals surface area contributed by atoms with Gasteiger partial charge in [0.05, 0.1) is 0 Å². The molecular weight excluding hydrogens is 188 g/mol. The van der Waals surface area contributed by atoms with E-state index in [1.165, 1.54) is 0 Å². The molecule has 4 nitrogen and oxygen atoms in total. The quantitative estimate of drug-likeness (QED) is 0.768. The molecule has 0 amide bonds. The van der Waals surface area contributed by atoms with Gasteiger partial charge in [0.25, 0.3) is 0 Å². The summed E-state index contributed by atoms with van der Waals surface area (Å²) in [7, 11) is 2.03. The van der Waals surface area contributed by atoms with Crippen LogP contribution >= 0.6 is 0 Å². The van der Waals surface area contributed by atoms with Crippen molar-refractivity contribution in [2.45, 2.75) is 20.3 Å². The van der Waals surface area contributed by atoms with Gasteiger partial charge < -0.3 is 15.2 Å². The molecule has 0 saturated carbocycles. The largest absolute Gasteiger partial charge is 0.342 e. The van der Waals surface area contributed by atoms with Crippen LogP contribution in [0.2, 0.25) is 0 Å². The highest BCUT2D eigenvalue weighted by molar-refractivity contribution is 5.30. The zero-order valence-corrected chi connectivity index (χ0v) is 9.98. The van der Waals surface area contributed by atoms with Crippen molar-refractivity contribution in [2.24, 2.45) is 18.7 Å². The Morgan fingerprint density at radius 2 is 2.27 bits per heavy atom. The van der Waals surface area contributed by atoms with Crippen LogP contribution in [-0.2, 0) is 7.05 Å². The van der Waals surface area contributed by atoms with Gasteiger partial charge in [0, 0.05) is 32.5 Å². The van der Waals surface area contributed by atoms with E-state index in [1.807, 2.05) is 19.4 Å². The molecule has 0 saturated heterocycles. The Hall–Kier alpha value is -1.03. The highest BCUT2D eigenvalue weighted by Crippen LogP contribution is 2.12. The summed E-state index contributed by atoms with van der Waals surface area (Å²) in [4.78, 5) is 6.67. The first-order valence-electron chi connectivity index (χ1n) is 5.57. The predicted octanol–water partition coefficient (Wildman–Crippen LogP) is 1.23. The minimum absolute atomic E-state index is 0.638. The van der Waals surface area contributed by atoms with E-state index in [-0.39, 0.29) is 0 Å². The van der Waals surface area contributed by atoms with E-state index in [1.54, 1.807) is 0 Å². The maximum atomic E-state index is 5.55. The molecule has 15 heavy (non-hydrogen) atoms. The lowest BCUT2D eigenvalue weighted by Crippen LogP contribution is -2.32. The molecule has 2 N–H and O–H groups in total. The van der Waals surface area contributed by atoms with Gasteiger partial charge in [0.15, 0.2) is 0 Å². The highest BCUT2D eigenvalue weighted by atomic mass is 15.3. The molecule has 1 rings (SSSR count). The summed E-state index contributed by atoms with van der Waals surface area (Å²) in [6, 6.07) is 0. The molecule has 0 fully saturated rings. The number of aryl methyl sites for hydroxylation is 1. The average Bonchev–Trinajstić information content (AvgIpc) is 2.58. The fourth-order valence-corrected chi connectivity index (χ4v) is 1.66. The Bertz CT molecular complexity index is 280. The third kappa shape index (κ3) is 3.55. The third-order valence-electron chi connectivity index (χ3n) is 2.30. The van der Waals surface area contributed by atoms with Crippen LogP contribution in [0.1, 0.15) is 20.3 Å². The first-order valence-corrected chi connectivity index (χ1v) is 5.57. The monoisotopic (exact) mass is 210 g/mol. The first kappa shape index (κ1) is 12.0. The molecule has 0 unspecified atom stereocenters. The van der Waals surface area contributed by atoms with Gasteiger partial charge in [0.2, 0.25) is 5.95 Å². The number of anilines is 1. The van der Waals surface area contributed by atoms with Gasteiger partial charge in [-0.25, -0.2) is 4.98 Å². The summed E-state index contributed by atoms with van der Waals surface area (Å²) in [5, 5.41) is 0. The summed E-state index contributed by atoms with van der Waals surface area (Å²) < 4.78 is 2.05. The van der Waals surface area contributed by atoms with Gasteiger partial charge >= 0.3 is 0 Å². The van der Waals surface area contributed by atoms with Gasteiger partial charge in [-0.1, -0.05) is 13.8 Å². The molecule has 1 aromatic rings. The summed E-state index contributed by atoms with van der Waals surface area (Å²) in [5.41, 5.74) is 5.55. The van der Waals surface area contributed by atoms with E-state index in [9.17, 15) is 0 Å². The lowest BCUT2D eigenvalue weighted by Gasteiger charge is -2.25. The number of aromatic nitrogens is 2. The van der Waals surface area contributed by atoms with Gasteiger partial charge in [0.1, 0.15) is 0 Å². The van der Waals surface area contributed by atoms with E-state index in [4.69, 9.17) is 5.73 Å². The van der Waals surface area contributed by atoms with Gasteiger partial charge in [-0.3, -0.25) is 0 Å². The van der Waals surface area contributed by atoms with Crippen molar-refractivity contribution in [3.05, 3.63) is 12.4 Å². The first-order chi connectivity index (χ1) is 7.15. The number of imidazole rings is 1. The van der Waals surface area contributed by atoms with E-state index < -0.39 is 0 Å². The van der Waals surface area contributed by atoms with E-state index in [0.717, 1.165) is 32.0 Å². The molecule has 0 aliphatic heterocycles. The van der Waals surface area contributed by atoms with Crippen LogP contribution in [0, 0.1) is 5.92 Å². The standard InChI is InChI=1S/C11H22N4/c1-10(2)9-15(7-4-5-12)11-13-6-8-14(11)3/h6,8,10H,4-5,7,9,12H2,1-3H3. The minimum atomic E-state index is 0.638. The Kier molecular flexibility index (Phi) is 4.62. The zero-order chi connectivity index (χ0) is 11.3. The number of hydrogen-bond acceptors (Lipinski definition) is 3. The maximum Gasteiger partial charge on any atom is 0.205 e. The number of hydrogen-bond donors (Lipinski definition) is 1. The fourth-order valence-electron chi connectivity index (χ4n) is 1.66. The molecule has 0 aliphatic carbocycles. The second-order valence-electron chi connectivity index (χ2n) is 4.32. The third-order valence-corrected chi connectivity index (χ3v) is 2.30. The topological polar surface area (TPSA) is 47.1 Å². The van der Waals surface area contributed by atoms with Crippen molar-refractivity contribution in [3.8, 4) is 0 Å². The summed E-state index contributed by atoms with van der Waals surface area (Å²) >= 11 is 0. The molecule has 0 radical (unpaired) electrons. The lowest BCUT2D eigenvalue weighted by atomic mass is 10.2. The molecular formula is C11H22N4. The number of nitrogens with two attached hydrogens (primary N) is 1. The summed E-state index contributed by atoms with van der Waals surface area (Å²) in [5.74, 6) is 1.68. The highest BCUT2D eigenvalue weighted by Gasteiger charge is 2.11. The van der Waals surface area contributed by atoms with Crippen LogP contribution in [0.15, 0.2) is 12.4 Å². The van der Waals surface area contributed by atoms with Crippen LogP contribution in [0.5, 0.6) is 0 Å². The molecule has 0 aromatic carbocycles. The van der Waals surface area contributed by atoms with Crippen molar-refractivity contribution < 1.29 is 0 Å². The molecule has 1 aromatic heterocycles. The summed E-state index contributed by atoms with van der Waals surface area (Å²) in [6.07, 6.45) is 4.83. The van der Waals surface area contributed by atoms with Crippen LogP contribution < -0.4 is 10.6 Å². The average molecular weight is 210 g/mol. The molecule has 86 valence electrons. The molecule has 0 aliphatic rings. The van der Waals surface area contributed by atoms with Crippen molar-refractivity contribution in [3.63, 3.8) is 0 Å². The Labute approximate surface area is 92.1 Å². The van der Waals surface area contributed by atoms with Crippen molar-refractivity contribution in [1.29, 1.82) is 0 Å². The minimum Gasteiger partial charge on any atom is -0.342 e. The number of nitrogens with zero attached hydrogens (tertiary/aromatic N) is 3. The summed E-state index contributed by atoms with van der Waals surface area (Å²) in [6.45, 7) is 7.19. The van der Waals surface area contributed by atoms with Gasteiger partial charge in [-0.2, -0.15) is 0 Å². The van der Waals surface area contributed by atoms with Crippen LogP contribution in [-0.4, -0.2) is 29.2 Å². The SMILES string of the molecule is CC(C)CN(CCCN)c1nccn1C.